The first-order valence-corrected chi connectivity index (χ1v) is 29.2. The number of phenols is 6. The minimum atomic E-state index is -2.20. The van der Waals surface area contributed by atoms with E-state index < -0.39 is 165 Å². The van der Waals surface area contributed by atoms with Crippen LogP contribution in [0.5, 0.6) is 69.0 Å². The fraction of sp³-hybridized carbons (Fsp3) is 0.227. The van der Waals surface area contributed by atoms with Gasteiger partial charge >= 0.3 is 5.97 Å². The van der Waals surface area contributed by atoms with Gasteiger partial charge in [0.05, 0.1) is 7.11 Å². The molecule has 7 aromatic carbocycles. The number of nitrogens with zero attached hydrogens (tertiary/aromatic N) is 1. The molecule has 490 valence electrons. The lowest BCUT2D eigenvalue weighted by Crippen LogP contribution is -2.56. The smallest absolute Gasteiger partial charge is 0.333 e. The Morgan fingerprint density at radius 2 is 1.02 bits per heavy atom. The molecular weight excluding hydrogens is 1240 g/mol. The van der Waals surface area contributed by atoms with E-state index in [1.807, 2.05) is 0 Å². The number of rotatable bonds is 5. The molecule has 0 unspecified atom stereocenters. The van der Waals surface area contributed by atoms with Gasteiger partial charge in [-0.05, 0) is 125 Å². The van der Waals surface area contributed by atoms with Crippen LogP contribution in [0.1, 0.15) is 107 Å². The van der Waals surface area contributed by atoms with E-state index in [2.05, 4.69) is 42.4 Å². The average Bonchev–Trinajstić information content (AvgIpc) is 0.764. The quantitative estimate of drug-likeness (QED) is 0.0484. The molecule has 7 aromatic rings. The average molecular weight is 1300 g/mol. The lowest BCUT2D eigenvalue weighted by molar-refractivity contribution is -0.146. The van der Waals surface area contributed by atoms with E-state index in [9.17, 15) is 65.2 Å². The first-order valence-electron chi connectivity index (χ1n) is 29.2. The van der Waals surface area contributed by atoms with Gasteiger partial charge < -0.3 is 102 Å². The number of methoxy groups -OCH3 is 1. The second-order valence-electron chi connectivity index (χ2n) is 23.1. The molecule has 0 aliphatic carbocycles. The summed E-state index contributed by atoms with van der Waals surface area (Å²) in [6.07, 6.45) is -4.18. The van der Waals surface area contributed by atoms with Crippen LogP contribution < -0.4 is 51.4 Å². The Bertz CT molecular complexity index is 4350. The molecule has 13 rings (SSSR count). The van der Waals surface area contributed by atoms with Gasteiger partial charge in [0.1, 0.15) is 94.4 Å². The Morgan fingerprint density at radius 3 is 1.60 bits per heavy atom. The fourth-order valence-electron chi connectivity index (χ4n) is 11.3. The topological polar surface area (TPSA) is 452 Å². The number of amides is 7. The van der Waals surface area contributed by atoms with E-state index in [4.69, 9.17) is 18.9 Å². The van der Waals surface area contributed by atoms with Crippen LogP contribution in [-0.2, 0) is 43.1 Å². The van der Waals surface area contributed by atoms with Crippen molar-refractivity contribution < 1.29 is 103 Å². The summed E-state index contributed by atoms with van der Waals surface area (Å²) in [5, 5.41) is 124. The van der Waals surface area contributed by atoms with Gasteiger partial charge in [-0.15, -0.1) is 0 Å². The van der Waals surface area contributed by atoms with Crippen LogP contribution in [0.25, 0.3) is 11.1 Å². The Kier molecular flexibility index (Phi) is 17.5. The van der Waals surface area contributed by atoms with Crippen molar-refractivity contribution in [1.82, 2.24) is 37.2 Å². The summed E-state index contributed by atoms with van der Waals surface area (Å²) in [7, 11) is 0.965. The predicted octanol–water partition coefficient (Wildman–Crippen LogP) is 4.60. The van der Waals surface area contributed by atoms with Crippen LogP contribution in [0.2, 0.25) is 0 Å². The number of ether oxygens (including phenoxy) is 4. The molecule has 0 saturated carbocycles. The Balaban J connectivity index is 1.12. The predicted molar refractivity (Wildman–Crippen MR) is 328 cm³/mol. The summed E-state index contributed by atoms with van der Waals surface area (Å²) < 4.78 is 23.7. The molecule has 95 heavy (non-hydrogen) atoms. The molecule has 0 saturated heterocycles. The van der Waals surface area contributed by atoms with Crippen molar-refractivity contribution in [3.05, 3.63) is 166 Å². The molecule has 6 aliphatic rings. The van der Waals surface area contributed by atoms with Crippen LogP contribution >= 0.6 is 0 Å². The summed E-state index contributed by atoms with van der Waals surface area (Å²) in [6, 6.07) is 8.71. The number of aromatic hydroxyl groups is 6. The standard InChI is InChI=1S/C66H60N8O21/c1-26(2)17-39(74-91)59(83)67-50-31-10-16-41(77)45(20-31)95-44-21-32(19-42(78)27(44)3)51-62(86)69-52-33-22-46(93-35-11-5-28(6-12-35)56(80)54(64(88)70-51)72-61(50)85)58(82)47(23-33)94-36-13-7-29(8-14-36)57(81)55-65(89)71-53(66(90)92-4)38-24-34(75)25-43(79)48(38)37-18-30(9-15-40(37)76)49(60(84)73-55)68-63(52)87/h5-16,18-26,49-57,75-82,91H,17H2,1-4H3,(H,67,83)(H,68,87)(H,69,86)(H,70,88)(H,71,89)(H,72,85)(H,73,84)/b74-39-/t49-,50+,51+,52-,53+,54-,55+,56-,57-/m1/s1. The highest BCUT2D eigenvalue weighted by Gasteiger charge is 2.43. The minimum absolute atomic E-state index is 0.0295. The van der Waals surface area contributed by atoms with Gasteiger partial charge in [0.15, 0.2) is 29.0 Å². The summed E-state index contributed by atoms with van der Waals surface area (Å²) >= 11 is 0. The highest BCUT2D eigenvalue weighted by molar-refractivity contribution is 6.39. The molecule has 0 radical (unpaired) electrons. The van der Waals surface area contributed by atoms with Gasteiger partial charge in [-0.2, -0.15) is 0 Å². The van der Waals surface area contributed by atoms with E-state index in [1.54, 1.807) is 13.8 Å². The van der Waals surface area contributed by atoms with Crippen molar-refractivity contribution in [3.63, 3.8) is 0 Å². The number of nitrogens with one attached hydrogen (secondary N) is 7. The maximum Gasteiger partial charge on any atom is 0.333 e. The number of carbonyl (C=O) groups excluding carboxylic acids is 8. The number of oxime groups is 1. The number of aliphatic hydroxyl groups excluding tert-OH is 2. The van der Waals surface area contributed by atoms with E-state index in [-0.39, 0.29) is 79.7 Å². The number of fused-ring (bicyclic) bond motifs is 14. The maximum atomic E-state index is 15.9. The fourth-order valence-corrected chi connectivity index (χ4v) is 11.3. The number of phenolic OH excluding ortho intramolecular Hbond substituents is 6. The van der Waals surface area contributed by atoms with E-state index in [1.165, 1.54) is 67.6 Å². The summed E-state index contributed by atoms with van der Waals surface area (Å²) in [5.41, 5.74) is -2.74. The maximum absolute atomic E-state index is 15.9. The van der Waals surface area contributed by atoms with E-state index >= 15 is 19.2 Å². The van der Waals surface area contributed by atoms with E-state index in [0.29, 0.717) is 0 Å². The second-order valence-corrected chi connectivity index (χ2v) is 23.1. The van der Waals surface area contributed by atoms with Gasteiger partial charge in [-0.1, -0.05) is 55.4 Å². The van der Waals surface area contributed by atoms with Crippen molar-refractivity contribution in [2.24, 2.45) is 11.1 Å². The number of hydrogen-bond acceptors (Lipinski definition) is 22. The van der Waals surface area contributed by atoms with Crippen LogP contribution in [0, 0.1) is 12.8 Å². The third-order valence-electron chi connectivity index (χ3n) is 16.3. The highest BCUT2D eigenvalue weighted by Crippen LogP contribution is 2.47. The number of carbonyl (C=O) groups is 8. The van der Waals surface area contributed by atoms with Gasteiger partial charge in [0.2, 0.25) is 41.2 Å². The number of hydrogen-bond donors (Lipinski definition) is 16. The molecule has 17 bridgehead atoms. The summed E-state index contributed by atoms with van der Waals surface area (Å²) in [5.74, 6) is -16.0. The number of aliphatic hydroxyl groups is 2. The van der Waals surface area contributed by atoms with Gasteiger partial charge in [0, 0.05) is 34.7 Å². The minimum Gasteiger partial charge on any atom is -0.508 e. The third kappa shape index (κ3) is 12.8. The third-order valence-corrected chi connectivity index (χ3v) is 16.3. The molecule has 29 nitrogen and oxygen atoms in total. The van der Waals surface area contributed by atoms with Crippen LogP contribution in [0.3, 0.4) is 0 Å². The summed E-state index contributed by atoms with van der Waals surface area (Å²) in [4.78, 5) is 120. The van der Waals surface area contributed by atoms with Gasteiger partial charge in [-0.25, -0.2) is 4.79 Å². The lowest BCUT2D eigenvalue weighted by atomic mass is 9.89. The Hall–Kier alpha value is -12.1. The summed E-state index contributed by atoms with van der Waals surface area (Å²) in [6.45, 7) is 4.83. The van der Waals surface area contributed by atoms with Crippen LogP contribution in [0.4, 0.5) is 0 Å². The van der Waals surface area contributed by atoms with Crippen molar-refractivity contribution in [3.8, 4) is 80.1 Å². The van der Waals surface area contributed by atoms with Gasteiger partial charge in [0.25, 0.3) is 5.91 Å². The molecule has 9 atom stereocenters. The highest BCUT2D eigenvalue weighted by atomic mass is 16.5. The molecule has 6 aliphatic heterocycles. The molecule has 0 aromatic heterocycles. The Labute approximate surface area is 537 Å². The normalized spacial score (nSPS) is 21.9. The molecule has 0 fully saturated rings. The molecule has 0 spiro atoms. The lowest BCUT2D eigenvalue weighted by Gasteiger charge is -2.31. The monoisotopic (exact) mass is 1300 g/mol. The van der Waals surface area contributed by atoms with Crippen LogP contribution in [-0.4, -0.2) is 118 Å². The zero-order chi connectivity index (χ0) is 68.0. The number of esters is 1. The van der Waals surface area contributed by atoms with Crippen molar-refractivity contribution >= 4 is 53.0 Å². The zero-order valence-electron chi connectivity index (χ0n) is 50.4. The van der Waals surface area contributed by atoms with Crippen molar-refractivity contribution in [2.45, 2.75) is 81.7 Å². The molecule has 29 heteroatoms. The molecular formula is C66H60N8O21. The first kappa shape index (κ1) is 64.4. The van der Waals surface area contributed by atoms with Crippen molar-refractivity contribution in [1.29, 1.82) is 0 Å². The number of benzene rings is 7. The van der Waals surface area contributed by atoms with Crippen LogP contribution in [0.15, 0.2) is 126 Å². The molecule has 6 heterocycles. The largest absolute Gasteiger partial charge is 0.508 e. The van der Waals surface area contributed by atoms with Crippen molar-refractivity contribution in [2.75, 3.05) is 7.11 Å². The Morgan fingerprint density at radius 1 is 0.526 bits per heavy atom. The molecule has 7 amide bonds. The second kappa shape index (κ2) is 25.9. The molecule has 16 N–H and O–H groups in total. The first-order chi connectivity index (χ1) is 45.3. The van der Waals surface area contributed by atoms with E-state index in [0.717, 1.165) is 67.8 Å². The zero-order valence-corrected chi connectivity index (χ0v) is 50.4. The SMILES string of the molecule is COC(=O)[C@H]1NC(=O)[C@H]2NC(=O)[C@H](NC(=O)[C@@H]3NC(=O)[C@H]4NC(=O)[C@H](NC(=O)[C@@H](NC(=O)/C(CC(C)C)=N\O)c5ccc(O)c(c5)Oc5cc4cc(O)c5C)[C@H](O)c4ccc(cc4)Oc4cc3cc(c4O)Oc3ccc(cc3)[C@H]2O)c2ccc(O)c(c2)-c2c(O)cc(O)cc21. The van der Waals surface area contributed by atoms with Gasteiger partial charge in [-0.3, -0.25) is 33.6 Å².